The molecule has 3 aromatic rings. The average molecular weight is 377 g/mol. The van der Waals surface area contributed by atoms with E-state index in [2.05, 4.69) is 10.3 Å². The molecule has 0 spiro atoms. The predicted octanol–water partition coefficient (Wildman–Crippen LogP) is 2.26. The molecule has 0 atom stereocenters. The van der Waals surface area contributed by atoms with E-state index in [1.54, 1.807) is 12.1 Å². The van der Waals surface area contributed by atoms with Gasteiger partial charge >= 0.3 is 0 Å². The fourth-order valence-corrected chi connectivity index (χ4v) is 2.88. The van der Waals surface area contributed by atoms with Gasteiger partial charge in [-0.25, -0.2) is 4.98 Å². The van der Waals surface area contributed by atoms with E-state index in [4.69, 9.17) is 9.47 Å². The van der Waals surface area contributed by atoms with Gasteiger partial charge in [0.25, 0.3) is 5.56 Å². The molecule has 0 aliphatic carbocycles. The zero-order chi connectivity index (χ0) is 19.5. The number of hydrogen-bond acceptors (Lipinski definition) is 5. The van der Waals surface area contributed by atoms with E-state index in [-0.39, 0.29) is 24.8 Å². The van der Waals surface area contributed by atoms with Crippen molar-refractivity contribution in [3.63, 3.8) is 0 Å². The number of ether oxygens (including phenoxy) is 2. The lowest BCUT2D eigenvalue weighted by Crippen LogP contribution is -2.31. The number of hydrogen-bond donors (Lipinski definition) is 1. The van der Waals surface area contributed by atoms with Crippen LogP contribution in [0.4, 0.5) is 0 Å². The van der Waals surface area contributed by atoms with Crippen LogP contribution in [0.5, 0.6) is 11.5 Å². The van der Waals surface area contributed by atoms with E-state index in [9.17, 15) is 9.59 Å². The van der Waals surface area contributed by atoms with Crippen molar-refractivity contribution in [2.75, 3.05) is 6.79 Å². The van der Waals surface area contributed by atoms with Crippen LogP contribution < -0.4 is 20.3 Å². The molecule has 0 radical (unpaired) electrons. The minimum Gasteiger partial charge on any atom is -0.454 e. The molecule has 4 rings (SSSR count). The Kier molecular flexibility index (Phi) is 4.80. The van der Waals surface area contributed by atoms with E-state index in [1.165, 1.54) is 17.0 Å². The molecule has 0 fully saturated rings. The van der Waals surface area contributed by atoms with E-state index in [0.717, 1.165) is 16.7 Å². The van der Waals surface area contributed by atoms with Gasteiger partial charge in [0.05, 0.1) is 12.0 Å². The van der Waals surface area contributed by atoms with Crippen LogP contribution in [-0.4, -0.2) is 22.3 Å². The number of carbonyl (C=O) groups is 1. The Morgan fingerprint density at radius 1 is 1.11 bits per heavy atom. The maximum atomic E-state index is 12.4. The molecule has 2 aromatic carbocycles. The third-order valence-electron chi connectivity index (χ3n) is 4.47. The molecular weight excluding hydrogens is 358 g/mol. The van der Waals surface area contributed by atoms with Crippen molar-refractivity contribution in [3.05, 3.63) is 76.3 Å². The Labute approximate surface area is 161 Å². The van der Waals surface area contributed by atoms with Crippen LogP contribution in [0, 0.1) is 6.92 Å². The summed E-state index contributed by atoms with van der Waals surface area (Å²) in [4.78, 5) is 28.8. The fourth-order valence-electron chi connectivity index (χ4n) is 2.88. The number of rotatable bonds is 5. The molecule has 7 heteroatoms. The topological polar surface area (TPSA) is 82.5 Å². The maximum Gasteiger partial charge on any atom is 0.254 e. The first-order chi connectivity index (χ1) is 13.6. The van der Waals surface area contributed by atoms with Gasteiger partial charge in [0, 0.05) is 18.2 Å². The SMILES string of the molecule is Cc1ccc(CNC(=O)Cn2cnc(-c3ccc4c(c3)OCO4)cc2=O)cc1. The van der Waals surface area contributed by atoms with E-state index < -0.39 is 0 Å². The zero-order valence-electron chi connectivity index (χ0n) is 15.3. The quantitative estimate of drug-likeness (QED) is 0.738. The molecule has 0 unspecified atom stereocenters. The van der Waals surface area contributed by atoms with Crippen molar-refractivity contribution in [1.29, 1.82) is 0 Å². The molecule has 1 amide bonds. The summed E-state index contributed by atoms with van der Waals surface area (Å²) in [5.74, 6) is 1.04. The van der Waals surface area contributed by atoms with Crippen LogP contribution >= 0.6 is 0 Å². The lowest BCUT2D eigenvalue weighted by Gasteiger charge is -2.08. The number of nitrogens with one attached hydrogen (secondary N) is 1. The van der Waals surface area contributed by atoms with Crippen LogP contribution in [0.2, 0.25) is 0 Å². The second-order valence-corrected chi connectivity index (χ2v) is 6.57. The summed E-state index contributed by atoms with van der Waals surface area (Å²) < 4.78 is 11.9. The Hall–Kier alpha value is -3.61. The molecule has 7 nitrogen and oxygen atoms in total. The highest BCUT2D eigenvalue weighted by Gasteiger charge is 2.15. The highest BCUT2D eigenvalue weighted by molar-refractivity contribution is 5.75. The van der Waals surface area contributed by atoms with Crippen LogP contribution in [0.15, 0.2) is 59.7 Å². The highest BCUT2D eigenvalue weighted by atomic mass is 16.7. The van der Waals surface area contributed by atoms with Gasteiger partial charge < -0.3 is 14.8 Å². The first-order valence-electron chi connectivity index (χ1n) is 8.87. The predicted molar refractivity (Wildman–Crippen MR) is 103 cm³/mol. The van der Waals surface area contributed by atoms with Crippen molar-refractivity contribution in [3.8, 4) is 22.8 Å². The number of carbonyl (C=O) groups excluding carboxylic acids is 1. The summed E-state index contributed by atoms with van der Waals surface area (Å²) in [7, 11) is 0. The third kappa shape index (κ3) is 3.88. The molecule has 1 aliphatic rings. The Morgan fingerprint density at radius 2 is 1.89 bits per heavy atom. The van der Waals surface area contributed by atoms with Crippen molar-refractivity contribution in [1.82, 2.24) is 14.9 Å². The molecule has 0 bridgehead atoms. The maximum absolute atomic E-state index is 12.4. The van der Waals surface area contributed by atoms with Crippen molar-refractivity contribution in [2.24, 2.45) is 0 Å². The Balaban J connectivity index is 1.42. The monoisotopic (exact) mass is 377 g/mol. The van der Waals surface area contributed by atoms with Crippen LogP contribution in [-0.2, 0) is 17.9 Å². The number of benzene rings is 2. The number of fused-ring (bicyclic) bond motifs is 1. The van der Waals surface area contributed by atoms with Gasteiger partial charge in [0.1, 0.15) is 6.54 Å². The molecular formula is C21H19N3O4. The van der Waals surface area contributed by atoms with Gasteiger partial charge in [-0.3, -0.25) is 14.2 Å². The lowest BCUT2D eigenvalue weighted by atomic mass is 10.1. The fraction of sp³-hybridized carbons (Fsp3) is 0.190. The summed E-state index contributed by atoms with van der Waals surface area (Å²) in [6, 6.07) is 14.7. The molecule has 1 aliphatic heterocycles. The number of amides is 1. The minimum absolute atomic E-state index is 0.0842. The largest absolute Gasteiger partial charge is 0.454 e. The molecule has 142 valence electrons. The standard InChI is InChI=1S/C21H19N3O4/c1-14-2-4-15(5-3-14)10-22-20(25)11-24-12-23-17(9-21(24)26)16-6-7-18-19(8-16)28-13-27-18/h2-9,12H,10-11,13H2,1H3,(H,22,25). The van der Waals surface area contributed by atoms with Crippen molar-refractivity contribution < 1.29 is 14.3 Å². The highest BCUT2D eigenvalue weighted by Crippen LogP contribution is 2.35. The van der Waals surface area contributed by atoms with Crippen molar-refractivity contribution >= 4 is 5.91 Å². The van der Waals surface area contributed by atoms with Gasteiger partial charge in [-0.2, -0.15) is 0 Å². The summed E-state index contributed by atoms with van der Waals surface area (Å²) in [6.07, 6.45) is 1.38. The summed E-state index contributed by atoms with van der Waals surface area (Å²) >= 11 is 0. The molecule has 2 heterocycles. The minimum atomic E-state index is -0.298. The summed E-state index contributed by atoms with van der Waals surface area (Å²) in [5, 5.41) is 2.81. The second kappa shape index (κ2) is 7.56. The number of nitrogens with zero attached hydrogens (tertiary/aromatic N) is 2. The van der Waals surface area contributed by atoms with Crippen LogP contribution in [0.3, 0.4) is 0 Å². The number of aromatic nitrogens is 2. The van der Waals surface area contributed by atoms with E-state index in [0.29, 0.717) is 23.7 Å². The smallest absolute Gasteiger partial charge is 0.254 e. The molecule has 0 saturated carbocycles. The summed E-state index contributed by atoms with van der Waals surface area (Å²) in [5.41, 5.74) is 3.13. The van der Waals surface area contributed by atoms with Gasteiger partial charge in [-0.15, -0.1) is 0 Å². The average Bonchev–Trinajstić information content (AvgIpc) is 3.17. The molecule has 28 heavy (non-hydrogen) atoms. The molecule has 1 N–H and O–H groups in total. The van der Waals surface area contributed by atoms with E-state index >= 15 is 0 Å². The molecule has 0 saturated heterocycles. The van der Waals surface area contributed by atoms with Crippen LogP contribution in [0.1, 0.15) is 11.1 Å². The van der Waals surface area contributed by atoms with Gasteiger partial charge in [0.2, 0.25) is 12.7 Å². The Morgan fingerprint density at radius 3 is 2.68 bits per heavy atom. The third-order valence-corrected chi connectivity index (χ3v) is 4.47. The van der Waals surface area contributed by atoms with Crippen LogP contribution in [0.25, 0.3) is 11.3 Å². The lowest BCUT2D eigenvalue weighted by molar-refractivity contribution is -0.121. The Bertz CT molecular complexity index is 1070. The first-order valence-corrected chi connectivity index (χ1v) is 8.87. The molecule has 1 aromatic heterocycles. The number of aryl methyl sites for hydroxylation is 1. The van der Waals surface area contributed by atoms with E-state index in [1.807, 2.05) is 37.3 Å². The van der Waals surface area contributed by atoms with Gasteiger partial charge in [-0.1, -0.05) is 29.8 Å². The summed E-state index contributed by atoms with van der Waals surface area (Å²) in [6.45, 7) is 2.52. The zero-order valence-corrected chi connectivity index (χ0v) is 15.3. The van der Waals surface area contributed by atoms with Gasteiger partial charge in [-0.05, 0) is 30.7 Å². The van der Waals surface area contributed by atoms with Crippen molar-refractivity contribution in [2.45, 2.75) is 20.0 Å². The normalized spacial score (nSPS) is 12.0. The van der Waals surface area contributed by atoms with Gasteiger partial charge in [0.15, 0.2) is 11.5 Å². The first kappa shape index (κ1) is 17.8. The second-order valence-electron chi connectivity index (χ2n) is 6.57.